The third-order valence-corrected chi connectivity index (χ3v) is 8.44. The predicted molar refractivity (Wildman–Crippen MR) is 116 cm³/mol. The van der Waals surface area contributed by atoms with Crippen LogP contribution in [-0.4, -0.2) is 55.4 Å². The van der Waals surface area contributed by atoms with Crippen molar-refractivity contribution in [2.75, 3.05) is 32.6 Å². The van der Waals surface area contributed by atoms with Gasteiger partial charge in [0.25, 0.3) is 0 Å². The molecule has 2 aliphatic rings. The van der Waals surface area contributed by atoms with Crippen LogP contribution >= 0.6 is 0 Å². The van der Waals surface area contributed by atoms with Gasteiger partial charge in [0, 0.05) is 26.8 Å². The van der Waals surface area contributed by atoms with Crippen LogP contribution in [0.5, 0.6) is 0 Å². The van der Waals surface area contributed by atoms with Crippen LogP contribution in [-0.2, 0) is 27.7 Å². The summed E-state index contributed by atoms with van der Waals surface area (Å²) in [5.41, 5.74) is 1.06. The summed E-state index contributed by atoms with van der Waals surface area (Å²) in [4.78, 5) is 6.88. The minimum Gasteiger partial charge on any atom is -0.385 e. The zero-order chi connectivity index (χ0) is 20.7. The number of imidazole rings is 1. The van der Waals surface area contributed by atoms with Crippen molar-refractivity contribution >= 4 is 9.84 Å². The van der Waals surface area contributed by atoms with E-state index in [0.29, 0.717) is 11.1 Å². The standard InChI is InChI=1S/C22H39N3O3S/c1-3-4-12-25-21(16-23-22(25)29(26,27)18-20-7-5-8-20)17-24-13-10-19(11-14-24)9-6-15-28-2/h16,19-20H,3-15,17-18H2,1-2H3. The molecule has 0 atom stereocenters. The van der Waals surface area contributed by atoms with E-state index in [1.54, 1.807) is 7.11 Å². The summed E-state index contributed by atoms with van der Waals surface area (Å²) >= 11 is 0. The van der Waals surface area contributed by atoms with Crippen molar-refractivity contribution < 1.29 is 13.2 Å². The Labute approximate surface area is 176 Å². The van der Waals surface area contributed by atoms with Crippen molar-refractivity contribution in [3.8, 4) is 0 Å². The first-order valence-corrected chi connectivity index (χ1v) is 13.2. The molecule has 29 heavy (non-hydrogen) atoms. The van der Waals surface area contributed by atoms with Gasteiger partial charge in [0.05, 0.1) is 17.6 Å². The number of ether oxygens (including phenoxy) is 1. The van der Waals surface area contributed by atoms with Crippen LogP contribution in [0.25, 0.3) is 0 Å². The van der Waals surface area contributed by atoms with Crippen molar-refractivity contribution in [3.05, 3.63) is 11.9 Å². The van der Waals surface area contributed by atoms with E-state index in [4.69, 9.17) is 4.74 Å². The lowest BCUT2D eigenvalue weighted by Gasteiger charge is -2.32. The average Bonchev–Trinajstić information content (AvgIpc) is 3.08. The lowest BCUT2D eigenvalue weighted by atomic mass is 9.87. The Balaban J connectivity index is 1.62. The number of unbranched alkanes of at least 4 members (excludes halogenated alkanes) is 1. The van der Waals surface area contributed by atoms with Crippen LogP contribution in [0.4, 0.5) is 0 Å². The summed E-state index contributed by atoms with van der Waals surface area (Å²) in [5, 5.41) is 0.308. The van der Waals surface area contributed by atoms with E-state index in [1.165, 1.54) is 19.3 Å². The fourth-order valence-corrected chi connectivity index (χ4v) is 6.41. The summed E-state index contributed by atoms with van der Waals surface area (Å²) in [7, 11) is -1.53. The second-order valence-corrected chi connectivity index (χ2v) is 10.9. The molecule has 0 spiro atoms. The fourth-order valence-electron chi connectivity index (χ4n) is 4.54. The van der Waals surface area contributed by atoms with Gasteiger partial charge >= 0.3 is 0 Å². The highest BCUT2D eigenvalue weighted by molar-refractivity contribution is 7.91. The first-order chi connectivity index (χ1) is 14.0. The quantitative estimate of drug-likeness (QED) is 0.475. The average molecular weight is 426 g/mol. The van der Waals surface area contributed by atoms with Crippen LogP contribution in [0.2, 0.25) is 0 Å². The van der Waals surface area contributed by atoms with Gasteiger partial charge in [-0.1, -0.05) is 19.8 Å². The summed E-state index contributed by atoms with van der Waals surface area (Å²) in [6.45, 7) is 6.73. The Morgan fingerprint density at radius 1 is 1.14 bits per heavy atom. The third-order valence-electron chi connectivity index (χ3n) is 6.65. The van der Waals surface area contributed by atoms with Crippen LogP contribution in [0.3, 0.4) is 0 Å². The van der Waals surface area contributed by atoms with E-state index >= 15 is 0 Å². The maximum atomic E-state index is 13.0. The molecule has 0 aromatic carbocycles. The first-order valence-electron chi connectivity index (χ1n) is 11.5. The molecule has 0 radical (unpaired) electrons. The van der Waals surface area contributed by atoms with Crippen LogP contribution in [0, 0.1) is 11.8 Å². The molecule has 0 unspecified atom stereocenters. The van der Waals surface area contributed by atoms with Crippen LogP contribution in [0.1, 0.15) is 70.4 Å². The molecule has 6 nitrogen and oxygen atoms in total. The molecule has 0 bridgehead atoms. The van der Waals surface area contributed by atoms with Gasteiger partial charge in [-0.2, -0.15) is 0 Å². The molecule has 3 rings (SSSR count). The Morgan fingerprint density at radius 2 is 1.90 bits per heavy atom. The smallest absolute Gasteiger partial charge is 0.227 e. The highest BCUT2D eigenvalue weighted by Gasteiger charge is 2.30. The zero-order valence-electron chi connectivity index (χ0n) is 18.3. The topological polar surface area (TPSA) is 64.4 Å². The van der Waals surface area contributed by atoms with Crippen molar-refractivity contribution in [2.24, 2.45) is 11.8 Å². The van der Waals surface area contributed by atoms with E-state index in [-0.39, 0.29) is 5.75 Å². The molecule has 0 amide bonds. The van der Waals surface area contributed by atoms with E-state index in [0.717, 1.165) is 82.9 Å². The number of hydrogen-bond donors (Lipinski definition) is 0. The minimum atomic E-state index is -3.30. The minimum absolute atomic E-state index is 0.266. The number of likely N-dealkylation sites (tertiary alicyclic amines) is 1. The Morgan fingerprint density at radius 3 is 2.52 bits per heavy atom. The van der Waals surface area contributed by atoms with Gasteiger partial charge in [-0.15, -0.1) is 0 Å². The normalized spacial score (nSPS) is 19.5. The summed E-state index contributed by atoms with van der Waals surface area (Å²) in [6.07, 6.45) is 11.9. The molecule has 2 heterocycles. The highest BCUT2D eigenvalue weighted by atomic mass is 32.2. The maximum absolute atomic E-state index is 13.0. The van der Waals surface area contributed by atoms with Gasteiger partial charge in [-0.05, 0) is 69.9 Å². The Kier molecular flexibility index (Phi) is 8.57. The monoisotopic (exact) mass is 425 g/mol. The van der Waals surface area contributed by atoms with E-state index in [9.17, 15) is 8.42 Å². The van der Waals surface area contributed by atoms with Gasteiger partial charge in [0.2, 0.25) is 15.0 Å². The molecule has 166 valence electrons. The third kappa shape index (κ3) is 6.28. The summed E-state index contributed by atoms with van der Waals surface area (Å²) < 4.78 is 33.1. The summed E-state index contributed by atoms with van der Waals surface area (Å²) in [5.74, 6) is 1.39. The van der Waals surface area contributed by atoms with E-state index < -0.39 is 9.84 Å². The van der Waals surface area contributed by atoms with Crippen molar-refractivity contribution in [3.63, 3.8) is 0 Å². The molecule has 1 aliphatic heterocycles. The van der Waals surface area contributed by atoms with Gasteiger partial charge < -0.3 is 9.30 Å². The second-order valence-electron chi connectivity index (χ2n) is 8.97. The molecule has 1 aromatic rings. The molecular formula is C22H39N3O3S. The van der Waals surface area contributed by atoms with E-state index in [2.05, 4.69) is 16.8 Å². The molecule has 7 heteroatoms. The van der Waals surface area contributed by atoms with Crippen molar-refractivity contribution in [1.29, 1.82) is 0 Å². The number of sulfone groups is 1. The van der Waals surface area contributed by atoms with Gasteiger partial charge in [0.15, 0.2) is 0 Å². The van der Waals surface area contributed by atoms with Crippen LogP contribution < -0.4 is 0 Å². The van der Waals surface area contributed by atoms with Crippen molar-refractivity contribution in [2.45, 2.75) is 83.0 Å². The Hall–Kier alpha value is -0.920. The first kappa shape index (κ1) is 22.8. The second kappa shape index (κ2) is 10.9. The largest absolute Gasteiger partial charge is 0.385 e. The van der Waals surface area contributed by atoms with Gasteiger partial charge in [0.1, 0.15) is 0 Å². The molecule has 1 aliphatic carbocycles. The SMILES string of the molecule is CCCCn1c(CN2CCC(CCCOC)CC2)cnc1S(=O)(=O)CC1CCC1. The lowest BCUT2D eigenvalue weighted by Crippen LogP contribution is -2.34. The fraction of sp³-hybridized carbons (Fsp3) is 0.864. The number of hydrogen-bond acceptors (Lipinski definition) is 5. The van der Waals surface area contributed by atoms with Gasteiger partial charge in [-0.3, -0.25) is 4.90 Å². The van der Waals surface area contributed by atoms with Crippen LogP contribution in [0.15, 0.2) is 11.4 Å². The van der Waals surface area contributed by atoms with Gasteiger partial charge in [-0.25, -0.2) is 13.4 Å². The van der Waals surface area contributed by atoms with E-state index in [1.807, 2.05) is 10.8 Å². The molecule has 2 fully saturated rings. The molecular weight excluding hydrogens is 386 g/mol. The summed E-state index contributed by atoms with van der Waals surface area (Å²) in [6, 6.07) is 0. The number of rotatable bonds is 12. The predicted octanol–water partition coefficient (Wildman–Crippen LogP) is 3.90. The number of nitrogens with zero attached hydrogens (tertiary/aromatic N) is 3. The Bertz CT molecular complexity index is 720. The molecule has 0 N–H and O–H groups in total. The lowest BCUT2D eigenvalue weighted by molar-refractivity contribution is 0.149. The molecule has 1 aromatic heterocycles. The molecule has 1 saturated carbocycles. The highest BCUT2D eigenvalue weighted by Crippen LogP contribution is 2.30. The number of aromatic nitrogens is 2. The molecule has 1 saturated heterocycles. The number of methoxy groups -OCH3 is 1. The number of piperidine rings is 1. The van der Waals surface area contributed by atoms with Crippen molar-refractivity contribution in [1.82, 2.24) is 14.5 Å². The maximum Gasteiger partial charge on any atom is 0.227 e. The zero-order valence-corrected chi connectivity index (χ0v) is 19.1.